The molecule has 2 heterocycles. The Labute approximate surface area is 137 Å². The maximum absolute atomic E-state index is 14.1. The van der Waals surface area contributed by atoms with Crippen LogP contribution >= 0.6 is 0 Å². The highest BCUT2D eigenvalue weighted by atomic mass is 19.1. The number of fused-ring (bicyclic) bond motifs is 1. The van der Waals surface area contributed by atoms with E-state index in [0.29, 0.717) is 23.0 Å². The van der Waals surface area contributed by atoms with Crippen molar-refractivity contribution in [3.63, 3.8) is 0 Å². The second-order valence-electron chi connectivity index (χ2n) is 5.74. The molecule has 0 aliphatic heterocycles. The van der Waals surface area contributed by atoms with Crippen LogP contribution < -0.4 is 5.73 Å². The van der Waals surface area contributed by atoms with E-state index >= 15 is 0 Å². The van der Waals surface area contributed by atoms with Crippen LogP contribution in [0.25, 0.3) is 16.8 Å². The molecule has 2 N–H and O–H groups in total. The number of hydrogen-bond acceptors (Lipinski definition) is 3. The summed E-state index contributed by atoms with van der Waals surface area (Å²) in [7, 11) is 0. The highest BCUT2D eigenvalue weighted by molar-refractivity contribution is 5.83. The summed E-state index contributed by atoms with van der Waals surface area (Å²) >= 11 is 0. The molecule has 0 spiro atoms. The molecule has 0 atom stereocenters. The molecule has 0 radical (unpaired) electrons. The minimum atomic E-state index is -0.629. The summed E-state index contributed by atoms with van der Waals surface area (Å²) in [5.74, 6) is -1.05. The molecule has 3 aromatic rings. The fraction of sp³-hybridized carbons (Fsp3) is 0.222. The fourth-order valence-corrected chi connectivity index (χ4v) is 2.32. The van der Waals surface area contributed by atoms with Gasteiger partial charge in [0.1, 0.15) is 11.5 Å². The number of hydrogen-bond donors (Lipinski definition) is 1. The van der Waals surface area contributed by atoms with E-state index in [1.807, 2.05) is 0 Å². The van der Waals surface area contributed by atoms with E-state index in [0.717, 1.165) is 0 Å². The Bertz CT molecular complexity index is 914. The average molecular weight is 329 g/mol. The number of rotatable bonds is 2. The van der Waals surface area contributed by atoms with Crippen molar-refractivity contribution < 1.29 is 13.6 Å². The molecular formula is C18H17F2N3O. The lowest BCUT2D eigenvalue weighted by atomic mass is 10.0. The summed E-state index contributed by atoms with van der Waals surface area (Å²) in [4.78, 5) is 14.9. The zero-order chi connectivity index (χ0) is 17.3. The van der Waals surface area contributed by atoms with Crippen LogP contribution in [0.15, 0.2) is 30.5 Å². The van der Waals surface area contributed by atoms with Crippen molar-refractivity contribution in [2.24, 2.45) is 0 Å². The maximum Gasteiger partial charge on any atom is 0.176 e. The van der Waals surface area contributed by atoms with Crippen molar-refractivity contribution in [1.29, 1.82) is 0 Å². The number of nitrogens with two attached hydrogens (primary N) is 1. The number of benzene rings is 1. The Morgan fingerprint density at radius 3 is 2.54 bits per heavy atom. The van der Waals surface area contributed by atoms with E-state index < -0.39 is 5.82 Å². The number of carbonyl (C=O) groups excluding carboxylic acids is 1. The van der Waals surface area contributed by atoms with Gasteiger partial charge in [-0.1, -0.05) is 31.4 Å². The van der Waals surface area contributed by atoms with Gasteiger partial charge in [-0.05, 0) is 30.2 Å². The normalized spacial score (nSPS) is 12.6. The summed E-state index contributed by atoms with van der Waals surface area (Å²) in [5, 5.41) is 0. The third-order valence-corrected chi connectivity index (χ3v) is 3.78. The number of aromatic nitrogens is 2. The molecule has 0 bridgehead atoms. The third kappa shape index (κ3) is 2.99. The molecule has 1 saturated carbocycles. The molecule has 0 amide bonds. The lowest BCUT2D eigenvalue weighted by Crippen LogP contribution is -1.98. The van der Waals surface area contributed by atoms with Gasteiger partial charge in [0.2, 0.25) is 0 Å². The SMILES string of the molecule is C1CC1.Cc1c(F)cccc1-c1cc(F)c2nc(N)c(C=O)n2c1. The summed E-state index contributed by atoms with van der Waals surface area (Å²) in [6.07, 6.45) is 6.53. The van der Waals surface area contributed by atoms with Crippen LogP contribution in [-0.2, 0) is 0 Å². The van der Waals surface area contributed by atoms with Crippen molar-refractivity contribution in [3.05, 3.63) is 53.4 Å². The van der Waals surface area contributed by atoms with Crippen molar-refractivity contribution in [1.82, 2.24) is 9.38 Å². The molecule has 1 aromatic carbocycles. The fourth-order valence-electron chi connectivity index (χ4n) is 2.32. The number of aldehydes is 1. The van der Waals surface area contributed by atoms with Gasteiger partial charge >= 0.3 is 0 Å². The van der Waals surface area contributed by atoms with Crippen LogP contribution in [0.1, 0.15) is 35.3 Å². The smallest absolute Gasteiger partial charge is 0.176 e. The third-order valence-electron chi connectivity index (χ3n) is 3.78. The predicted octanol–water partition coefficient (Wildman–Crippen LogP) is 4.15. The van der Waals surface area contributed by atoms with Crippen LogP contribution in [0.2, 0.25) is 0 Å². The molecule has 0 unspecified atom stereocenters. The van der Waals surface area contributed by atoms with Gasteiger partial charge in [-0.2, -0.15) is 0 Å². The minimum absolute atomic E-state index is 0.0348. The van der Waals surface area contributed by atoms with Gasteiger partial charge in [0.05, 0.1) is 0 Å². The highest BCUT2D eigenvalue weighted by Gasteiger charge is 2.15. The molecule has 1 aliphatic carbocycles. The van der Waals surface area contributed by atoms with Gasteiger partial charge < -0.3 is 5.73 Å². The van der Waals surface area contributed by atoms with E-state index in [-0.39, 0.29) is 23.0 Å². The van der Waals surface area contributed by atoms with Crippen LogP contribution in [0, 0.1) is 18.6 Å². The zero-order valence-electron chi connectivity index (χ0n) is 13.2. The zero-order valence-corrected chi connectivity index (χ0v) is 13.2. The predicted molar refractivity (Wildman–Crippen MR) is 88.9 cm³/mol. The van der Waals surface area contributed by atoms with E-state index in [9.17, 15) is 13.6 Å². The molecule has 1 aliphatic rings. The lowest BCUT2D eigenvalue weighted by Gasteiger charge is -2.08. The first-order chi connectivity index (χ1) is 11.5. The van der Waals surface area contributed by atoms with E-state index in [2.05, 4.69) is 4.98 Å². The second kappa shape index (κ2) is 6.39. The Hall–Kier alpha value is -2.76. The standard InChI is InChI=1S/C15H11F2N3O.C3H6/c1-8-10(3-2-4-11(8)16)9-5-12(17)15-19-14(18)13(7-21)20(15)6-9;1-2-3-1/h2-7H,18H2,1H3;1-3H2. The van der Waals surface area contributed by atoms with Crippen molar-refractivity contribution in [2.45, 2.75) is 26.2 Å². The summed E-state index contributed by atoms with van der Waals surface area (Å²) in [5.41, 5.74) is 7.00. The van der Waals surface area contributed by atoms with Crippen molar-refractivity contribution >= 4 is 17.8 Å². The van der Waals surface area contributed by atoms with Gasteiger partial charge in [-0.15, -0.1) is 0 Å². The number of nitrogens with zero attached hydrogens (tertiary/aromatic N) is 2. The summed E-state index contributed by atoms with van der Waals surface area (Å²) in [6.45, 7) is 1.61. The first-order valence-electron chi connectivity index (χ1n) is 7.70. The molecule has 6 heteroatoms. The van der Waals surface area contributed by atoms with Gasteiger partial charge in [-0.3, -0.25) is 9.20 Å². The minimum Gasteiger partial charge on any atom is -0.382 e. The number of carbonyl (C=O) groups is 1. The van der Waals surface area contributed by atoms with Crippen LogP contribution in [0.3, 0.4) is 0 Å². The quantitative estimate of drug-likeness (QED) is 0.718. The van der Waals surface area contributed by atoms with Gasteiger partial charge in [0.15, 0.2) is 23.6 Å². The van der Waals surface area contributed by atoms with Crippen molar-refractivity contribution in [2.75, 3.05) is 5.73 Å². The van der Waals surface area contributed by atoms with Gasteiger partial charge in [-0.25, -0.2) is 13.8 Å². The second-order valence-corrected chi connectivity index (χ2v) is 5.74. The van der Waals surface area contributed by atoms with Gasteiger partial charge in [0.25, 0.3) is 0 Å². The van der Waals surface area contributed by atoms with Crippen LogP contribution in [0.5, 0.6) is 0 Å². The number of anilines is 1. The molecule has 24 heavy (non-hydrogen) atoms. The molecule has 0 saturated heterocycles. The molecule has 2 aromatic heterocycles. The number of nitrogen functional groups attached to an aromatic ring is 1. The largest absolute Gasteiger partial charge is 0.382 e. The van der Waals surface area contributed by atoms with Crippen LogP contribution in [0.4, 0.5) is 14.6 Å². The van der Waals surface area contributed by atoms with Crippen molar-refractivity contribution in [3.8, 4) is 11.1 Å². The van der Waals surface area contributed by atoms with E-state index in [1.165, 1.54) is 42.0 Å². The average Bonchev–Trinajstić information content (AvgIpc) is 3.39. The van der Waals surface area contributed by atoms with Crippen LogP contribution in [-0.4, -0.2) is 15.7 Å². The monoisotopic (exact) mass is 329 g/mol. The number of pyridine rings is 1. The topological polar surface area (TPSA) is 60.4 Å². The van der Waals surface area contributed by atoms with E-state index in [4.69, 9.17) is 5.73 Å². The Kier molecular flexibility index (Phi) is 4.29. The molecule has 4 nitrogen and oxygen atoms in total. The molecule has 124 valence electrons. The molecule has 1 fully saturated rings. The van der Waals surface area contributed by atoms with Gasteiger partial charge in [0, 0.05) is 11.8 Å². The lowest BCUT2D eigenvalue weighted by molar-refractivity contribution is 0.111. The Balaban J connectivity index is 0.000000508. The number of halogens is 2. The molecular weight excluding hydrogens is 312 g/mol. The first kappa shape index (κ1) is 16.1. The maximum atomic E-state index is 14.1. The summed E-state index contributed by atoms with van der Waals surface area (Å²) in [6, 6.07) is 5.81. The summed E-state index contributed by atoms with van der Waals surface area (Å²) < 4.78 is 29.1. The van der Waals surface area contributed by atoms with E-state index in [1.54, 1.807) is 19.1 Å². The molecule has 4 rings (SSSR count). The Morgan fingerprint density at radius 2 is 1.92 bits per heavy atom. The number of imidazole rings is 1. The Morgan fingerprint density at radius 1 is 1.21 bits per heavy atom. The highest BCUT2D eigenvalue weighted by Crippen LogP contribution is 2.28. The first-order valence-corrected chi connectivity index (χ1v) is 7.70.